The average molecular weight is 366 g/mol. The van der Waals surface area contributed by atoms with E-state index >= 15 is 0 Å². The van der Waals surface area contributed by atoms with Crippen LogP contribution in [0.3, 0.4) is 0 Å². The molecule has 0 spiro atoms. The smallest absolute Gasteiger partial charge is 0.307 e. The van der Waals surface area contributed by atoms with Gasteiger partial charge in [0, 0.05) is 5.56 Å². The van der Waals surface area contributed by atoms with E-state index in [0.29, 0.717) is 30.4 Å². The molecular formula is C22H22O5. The van der Waals surface area contributed by atoms with Gasteiger partial charge in [0.15, 0.2) is 0 Å². The van der Waals surface area contributed by atoms with Crippen molar-refractivity contribution in [2.24, 2.45) is 0 Å². The molecule has 140 valence electrons. The van der Waals surface area contributed by atoms with Gasteiger partial charge in [0.25, 0.3) is 0 Å². The van der Waals surface area contributed by atoms with Gasteiger partial charge in [-0.05, 0) is 24.8 Å². The third-order valence-electron chi connectivity index (χ3n) is 5.61. The van der Waals surface area contributed by atoms with Crippen LogP contribution >= 0.6 is 0 Å². The van der Waals surface area contributed by atoms with Crippen molar-refractivity contribution in [2.75, 3.05) is 0 Å². The zero-order valence-electron chi connectivity index (χ0n) is 15.0. The maximum absolute atomic E-state index is 12.6. The van der Waals surface area contributed by atoms with Gasteiger partial charge in [-0.3, -0.25) is 9.59 Å². The predicted octanol–water partition coefficient (Wildman–Crippen LogP) is 3.20. The van der Waals surface area contributed by atoms with E-state index in [2.05, 4.69) is 0 Å². The van der Waals surface area contributed by atoms with Crippen molar-refractivity contribution in [3.63, 3.8) is 0 Å². The van der Waals surface area contributed by atoms with E-state index in [1.165, 1.54) is 0 Å². The van der Waals surface area contributed by atoms with E-state index in [1.54, 1.807) is 0 Å². The Morgan fingerprint density at radius 1 is 0.852 bits per heavy atom. The minimum absolute atomic E-state index is 0.00995. The fraction of sp³-hybridized carbons (Fsp3) is 0.364. The Balaban J connectivity index is 1.97. The number of esters is 2. The minimum atomic E-state index is -1.51. The number of hydrogen-bond donors (Lipinski definition) is 1. The van der Waals surface area contributed by atoms with Crippen LogP contribution in [0.2, 0.25) is 0 Å². The van der Waals surface area contributed by atoms with E-state index in [4.69, 9.17) is 9.47 Å². The summed E-state index contributed by atoms with van der Waals surface area (Å²) in [5.41, 5.74) is -1.72. The third kappa shape index (κ3) is 2.82. The standard InChI is InChI=1S/C22H22O5/c23-19-13-14-20(24)27-22(17-10-5-2-6-11-17)18(26-19)12-7-15-21(22,25)16-8-3-1-4-9-16/h1-6,8-11,18,25H,7,12-15H2. The van der Waals surface area contributed by atoms with Gasteiger partial charge in [0.05, 0.1) is 12.8 Å². The SMILES string of the molecule is O=C1CCC(=O)OC2(c3ccccc3)C(CCCC2(O)c2ccccc2)O1. The maximum atomic E-state index is 12.6. The van der Waals surface area contributed by atoms with Gasteiger partial charge in [-0.25, -0.2) is 0 Å². The lowest BCUT2D eigenvalue weighted by atomic mass is 9.63. The second-order valence-electron chi connectivity index (χ2n) is 7.17. The van der Waals surface area contributed by atoms with Crippen molar-refractivity contribution in [1.82, 2.24) is 0 Å². The molecule has 0 amide bonds. The number of carbonyl (C=O) groups is 2. The molecule has 3 unspecified atom stereocenters. The fourth-order valence-corrected chi connectivity index (χ4v) is 4.38. The number of hydrogen-bond acceptors (Lipinski definition) is 5. The molecule has 2 aliphatic rings. The zero-order chi connectivity index (χ0) is 18.9. The topological polar surface area (TPSA) is 72.8 Å². The number of rotatable bonds is 2. The number of aliphatic hydroxyl groups is 1. The normalized spacial score (nSPS) is 31.1. The van der Waals surface area contributed by atoms with Crippen LogP contribution in [0.15, 0.2) is 60.7 Å². The Bertz CT molecular complexity index is 834. The van der Waals surface area contributed by atoms with Crippen molar-refractivity contribution in [3.05, 3.63) is 71.8 Å². The van der Waals surface area contributed by atoms with Crippen LogP contribution in [-0.2, 0) is 30.3 Å². The molecule has 1 saturated carbocycles. The first kappa shape index (κ1) is 17.7. The van der Waals surface area contributed by atoms with Crippen LogP contribution in [0, 0.1) is 0 Å². The molecule has 5 nitrogen and oxygen atoms in total. The Labute approximate surface area is 157 Å². The highest BCUT2D eigenvalue weighted by Gasteiger charge is 2.64. The molecule has 1 aliphatic carbocycles. The van der Waals surface area contributed by atoms with Crippen molar-refractivity contribution in [1.29, 1.82) is 0 Å². The van der Waals surface area contributed by atoms with E-state index in [0.717, 1.165) is 0 Å². The van der Waals surface area contributed by atoms with Crippen molar-refractivity contribution in [2.45, 2.75) is 49.4 Å². The first-order valence-electron chi connectivity index (χ1n) is 9.31. The second kappa shape index (κ2) is 6.82. The Morgan fingerprint density at radius 2 is 1.44 bits per heavy atom. The number of ether oxygens (including phenoxy) is 2. The zero-order valence-corrected chi connectivity index (χ0v) is 15.0. The average Bonchev–Trinajstić information content (AvgIpc) is 2.69. The van der Waals surface area contributed by atoms with E-state index in [1.807, 2.05) is 60.7 Å². The van der Waals surface area contributed by atoms with Crippen LogP contribution in [0.4, 0.5) is 0 Å². The van der Waals surface area contributed by atoms with Gasteiger partial charge >= 0.3 is 11.9 Å². The summed E-state index contributed by atoms with van der Waals surface area (Å²) in [6, 6.07) is 18.3. The quantitative estimate of drug-likeness (QED) is 0.827. The van der Waals surface area contributed by atoms with Gasteiger partial charge in [-0.1, -0.05) is 60.7 Å². The van der Waals surface area contributed by atoms with E-state index in [-0.39, 0.29) is 12.8 Å². The molecule has 1 aliphatic heterocycles. The summed E-state index contributed by atoms with van der Waals surface area (Å²) in [5.74, 6) is -0.939. The summed E-state index contributed by atoms with van der Waals surface area (Å²) in [5, 5.41) is 12.0. The summed E-state index contributed by atoms with van der Waals surface area (Å²) in [6.07, 6.45) is 0.733. The summed E-state index contributed by atoms with van der Waals surface area (Å²) < 4.78 is 11.8. The van der Waals surface area contributed by atoms with Gasteiger partial charge in [0.1, 0.15) is 11.7 Å². The molecule has 2 aromatic rings. The van der Waals surface area contributed by atoms with E-state index < -0.39 is 29.2 Å². The Hall–Kier alpha value is -2.66. The lowest BCUT2D eigenvalue weighted by Gasteiger charge is -2.53. The van der Waals surface area contributed by atoms with Gasteiger partial charge in [-0.15, -0.1) is 0 Å². The van der Waals surface area contributed by atoms with Gasteiger partial charge in [-0.2, -0.15) is 0 Å². The number of benzene rings is 2. The molecule has 1 saturated heterocycles. The molecule has 0 aromatic heterocycles. The lowest BCUT2D eigenvalue weighted by molar-refractivity contribution is -0.264. The first-order valence-corrected chi connectivity index (χ1v) is 9.31. The van der Waals surface area contributed by atoms with Crippen molar-refractivity contribution < 1.29 is 24.2 Å². The summed E-state index contributed by atoms with van der Waals surface area (Å²) in [6.45, 7) is 0. The summed E-state index contributed by atoms with van der Waals surface area (Å²) >= 11 is 0. The highest BCUT2D eigenvalue weighted by molar-refractivity contribution is 5.79. The highest BCUT2D eigenvalue weighted by Crippen LogP contribution is 2.54. The van der Waals surface area contributed by atoms with Crippen LogP contribution in [0.25, 0.3) is 0 Å². The number of carbonyl (C=O) groups excluding carboxylic acids is 2. The van der Waals surface area contributed by atoms with Gasteiger partial charge in [0.2, 0.25) is 5.60 Å². The molecule has 1 N–H and O–H groups in total. The maximum Gasteiger partial charge on any atom is 0.307 e. The molecule has 0 bridgehead atoms. The first-order chi connectivity index (χ1) is 13.1. The monoisotopic (exact) mass is 366 g/mol. The predicted molar refractivity (Wildman–Crippen MR) is 97.5 cm³/mol. The molecule has 3 atom stereocenters. The minimum Gasteiger partial charge on any atom is -0.458 e. The second-order valence-corrected chi connectivity index (χ2v) is 7.17. The van der Waals surface area contributed by atoms with Crippen LogP contribution < -0.4 is 0 Å². The molecule has 2 aromatic carbocycles. The molecule has 4 rings (SSSR count). The summed E-state index contributed by atoms with van der Waals surface area (Å²) in [7, 11) is 0. The molecule has 1 heterocycles. The highest BCUT2D eigenvalue weighted by atomic mass is 16.6. The van der Waals surface area contributed by atoms with Crippen molar-refractivity contribution >= 4 is 11.9 Å². The molecule has 2 fully saturated rings. The van der Waals surface area contributed by atoms with Crippen LogP contribution in [0.1, 0.15) is 43.2 Å². The third-order valence-corrected chi connectivity index (χ3v) is 5.61. The van der Waals surface area contributed by atoms with Gasteiger partial charge < -0.3 is 14.6 Å². The Morgan fingerprint density at radius 3 is 2.11 bits per heavy atom. The molecule has 0 radical (unpaired) electrons. The van der Waals surface area contributed by atoms with E-state index in [9.17, 15) is 14.7 Å². The summed E-state index contributed by atoms with van der Waals surface area (Å²) in [4.78, 5) is 24.8. The lowest BCUT2D eigenvalue weighted by Crippen LogP contribution is -2.63. The van der Waals surface area contributed by atoms with Crippen LogP contribution in [-0.4, -0.2) is 23.1 Å². The molecule has 27 heavy (non-hydrogen) atoms. The fourth-order valence-electron chi connectivity index (χ4n) is 4.38. The van der Waals surface area contributed by atoms with Crippen LogP contribution in [0.5, 0.6) is 0 Å². The molecular weight excluding hydrogens is 344 g/mol. The Kier molecular flexibility index (Phi) is 4.48. The number of fused-ring (bicyclic) bond motifs is 1. The largest absolute Gasteiger partial charge is 0.458 e. The van der Waals surface area contributed by atoms with Crippen molar-refractivity contribution in [3.8, 4) is 0 Å². The molecule has 5 heteroatoms.